The largest absolute Gasteiger partial charge is 0.348 e. The van der Waals surface area contributed by atoms with Crippen molar-refractivity contribution in [3.05, 3.63) is 70.8 Å². The Bertz CT molecular complexity index is 1540. The zero-order valence-corrected chi connectivity index (χ0v) is 21.6. The van der Waals surface area contributed by atoms with Gasteiger partial charge in [-0.3, -0.25) is 4.79 Å². The molecule has 4 heterocycles. The van der Waals surface area contributed by atoms with Gasteiger partial charge in [0.25, 0.3) is 5.91 Å². The number of hydrogen-bond acceptors (Lipinski definition) is 7. The number of halogens is 1. The van der Waals surface area contributed by atoms with Crippen molar-refractivity contribution in [1.29, 1.82) is 5.26 Å². The third kappa shape index (κ3) is 5.04. The van der Waals surface area contributed by atoms with Crippen LogP contribution in [-0.2, 0) is 9.47 Å². The number of amides is 1. The summed E-state index contributed by atoms with van der Waals surface area (Å²) in [7, 11) is 0. The predicted octanol–water partition coefficient (Wildman–Crippen LogP) is 4.56. The minimum atomic E-state index is -0.684. The molecule has 4 aromatic rings. The molecule has 2 atom stereocenters. The molecule has 0 radical (unpaired) electrons. The summed E-state index contributed by atoms with van der Waals surface area (Å²) >= 11 is 6.30. The number of benzene rings is 1. The van der Waals surface area contributed by atoms with Crippen molar-refractivity contribution in [2.45, 2.75) is 45.6 Å². The first-order chi connectivity index (χ1) is 17.6. The second kappa shape index (κ2) is 9.56. The molecule has 3 aromatic heterocycles. The van der Waals surface area contributed by atoms with Crippen LogP contribution in [0.3, 0.4) is 0 Å². The van der Waals surface area contributed by atoms with Gasteiger partial charge in [0.05, 0.1) is 29.8 Å². The summed E-state index contributed by atoms with van der Waals surface area (Å²) in [6.07, 6.45) is 1.42. The first kappa shape index (κ1) is 24.8. The Morgan fingerprint density at radius 2 is 2.05 bits per heavy atom. The highest BCUT2D eigenvalue weighted by atomic mass is 35.5. The second-order valence-corrected chi connectivity index (χ2v) is 9.83. The molecule has 1 fully saturated rings. The summed E-state index contributed by atoms with van der Waals surface area (Å²) < 4.78 is 13.1. The molecule has 1 N–H and O–H groups in total. The average Bonchev–Trinajstić information content (AvgIpc) is 3.43. The Hall–Kier alpha value is -3.84. The van der Waals surface area contributed by atoms with Gasteiger partial charge >= 0.3 is 0 Å². The molecule has 0 unspecified atom stereocenters. The van der Waals surface area contributed by atoms with Gasteiger partial charge in [0.1, 0.15) is 22.6 Å². The number of aryl methyl sites for hydroxylation is 1. The molecule has 1 aromatic carbocycles. The first-order valence-corrected chi connectivity index (χ1v) is 12.2. The molecular weight excluding hydrogens is 492 g/mol. The van der Waals surface area contributed by atoms with E-state index in [9.17, 15) is 10.1 Å². The molecule has 0 bridgehead atoms. The summed E-state index contributed by atoms with van der Waals surface area (Å²) in [5.74, 6) is -1.02. The molecular formula is C27H25ClN6O3. The van der Waals surface area contributed by atoms with Crippen molar-refractivity contribution < 1.29 is 14.3 Å². The van der Waals surface area contributed by atoms with Crippen LogP contribution in [0.2, 0.25) is 5.15 Å². The van der Waals surface area contributed by atoms with Crippen molar-refractivity contribution in [1.82, 2.24) is 24.9 Å². The molecule has 0 spiro atoms. The van der Waals surface area contributed by atoms with Gasteiger partial charge < -0.3 is 14.8 Å². The van der Waals surface area contributed by atoms with E-state index in [1.54, 1.807) is 41.0 Å². The Labute approximate surface area is 219 Å². The van der Waals surface area contributed by atoms with Crippen molar-refractivity contribution >= 4 is 23.2 Å². The maximum atomic E-state index is 13.2. The van der Waals surface area contributed by atoms with Gasteiger partial charge in [0, 0.05) is 17.5 Å². The molecule has 1 saturated heterocycles. The van der Waals surface area contributed by atoms with E-state index in [4.69, 9.17) is 31.2 Å². The Morgan fingerprint density at radius 3 is 2.76 bits per heavy atom. The van der Waals surface area contributed by atoms with Crippen LogP contribution in [-0.4, -0.2) is 50.0 Å². The minimum Gasteiger partial charge on any atom is -0.348 e. The van der Waals surface area contributed by atoms with Crippen LogP contribution >= 0.6 is 11.6 Å². The van der Waals surface area contributed by atoms with Crippen LogP contribution in [0.1, 0.15) is 42.5 Å². The maximum absolute atomic E-state index is 13.2. The van der Waals surface area contributed by atoms with Crippen LogP contribution in [0.4, 0.5) is 0 Å². The molecule has 10 heteroatoms. The molecule has 5 rings (SSSR count). The lowest BCUT2D eigenvalue weighted by Gasteiger charge is -2.22. The van der Waals surface area contributed by atoms with E-state index >= 15 is 0 Å². The second-order valence-electron chi connectivity index (χ2n) is 9.45. The number of pyridine rings is 1. The zero-order valence-electron chi connectivity index (χ0n) is 20.8. The molecule has 9 nitrogen and oxygen atoms in total. The monoisotopic (exact) mass is 516 g/mol. The molecule has 1 aliphatic rings. The SMILES string of the molecule is Cc1cc(-c2c(-c3cccc(C#N)c3)nn3ccc(C(=O)N[C@H](C)[C@H]4COC(C)(C)O4)nc23)cc(Cl)n1. The molecule has 188 valence electrons. The van der Waals surface area contributed by atoms with Gasteiger partial charge in [0.2, 0.25) is 0 Å². The Balaban J connectivity index is 1.58. The van der Waals surface area contributed by atoms with Crippen LogP contribution in [0, 0.1) is 18.3 Å². The third-order valence-electron chi connectivity index (χ3n) is 6.14. The highest BCUT2D eigenvalue weighted by molar-refractivity contribution is 6.29. The number of nitrogens with zero attached hydrogens (tertiary/aromatic N) is 5. The van der Waals surface area contributed by atoms with Crippen molar-refractivity contribution in [2.75, 3.05) is 6.61 Å². The van der Waals surface area contributed by atoms with E-state index in [0.29, 0.717) is 34.2 Å². The highest BCUT2D eigenvalue weighted by Gasteiger charge is 2.36. The van der Waals surface area contributed by atoms with E-state index in [-0.39, 0.29) is 23.7 Å². The number of fused-ring (bicyclic) bond motifs is 1. The quantitative estimate of drug-likeness (QED) is 0.386. The summed E-state index contributed by atoms with van der Waals surface area (Å²) in [4.78, 5) is 22.1. The summed E-state index contributed by atoms with van der Waals surface area (Å²) in [6, 6.07) is 14.3. The van der Waals surface area contributed by atoms with Crippen LogP contribution in [0.25, 0.3) is 28.0 Å². The van der Waals surface area contributed by atoms with E-state index in [1.165, 1.54) is 0 Å². The highest BCUT2D eigenvalue weighted by Crippen LogP contribution is 2.36. The molecule has 37 heavy (non-hydrogen) atoms. The van der Waals surface area contributed by atoms with Gasteiger partial charge in [-0.25, -0.2) is 14.5 Å². The normalized spacial score (nSPS) is 17.5. The van der Waals surface area contributed by atoms with Crippen molar-refractivity contribution in [3.63, 3.8) is 0 Å². The number of aromatic nitrogens is 4. The average molecular weight is 517 g/mol. The maximum Gasteiger partial charge on any atom is 0.270 e. The molecule has 0 saturated carbocycles. The van der Waals surface area contributed by atoms with Gasteiger partial charge in [0.15, 0.2) is 11.4 Å². The van der Waals surface area contributed by atoms with E-state index in [2.05, 4.69) is 16.4 Å². The summed E-state index contributed by atoms with van der Waals surface area (Å²) in [6.45, 7) is 7.80. The number of rotatable bonds is 5. The van der Waals surface area contributed by atoms with Crippen LogP contribution in [0.5, 0.6) is 0 Å². The standard InChI is InChI=1S/C27H25ClN6O3/c1-15-10-19(12-22(28)30-15)23-24(18-7-5-6-17(11-18)13-29)33-34-9-8-20(32-25(23)34)26(35)31-16(2)21-14-36-27(3,4)37-21/h5-12,16,21H,14H2,1-4H3,(H,31,35)/t16-,21-/m1/s1. The van der Waals surface area contributed by atoms with Gasteiger partial charge in [-0.1, -0.05) is 23.7 Å². The number of ether oxygens (including phenoxy) is 2. The van der Waals surface area contributed by atoms with Crippen LogP contribution in [0.15, 0.2) is 48.7 Å². The smallest absolute Gasteiger partial charge is 0.270 e. The summed E-state index contributed by atoms with van der Waals surface area (Å²) in [5.41, 5.74) is 4.72. The third-order valence-corrected chi connectivity index (χ3v) is 6.33. The van der Waals surface area contributed by atoms with Gasteiger partial charge in [-0.2, -0.15) is 10.4 Å². The summed E-state index contributed by atoms with van der Waals surface area (Å²) in [5, 5.41) is 17.5. The number of nitrogens with one attached hydrogen (secondary N) is 1. The number of carbonyl (C=O) groups is 1. The Kier molecular flexibility index (Phi) is 6.42. The predicted molar refractivity (Wildman–Crippen MR) is 138 cm³/mol. The number of carbonyl (C=O) groups excluding carboxylic acids is 1. The Morgan fingerprint density at radius 1 is 1.24 bits per heavy atom. The number of nitriles is 1. The lowest BCUT2D eigenvalue weighted by atomic mass is 10.00. The lowest BCUT2D eigenvalue weighted by Crippen LogP contribution is -2.43. The van der Waals surface area contributed by atoms with E-state index in [1.807, 2.05) is 39.8 Å². The van der Waals surface area contributed by atoms with E-state index in [0.717, 1.165) is 16.8 Å². The van der Waals surface area contributed by atoms with Crippen molar-refractivity contribution in [2.24, 2.45) is 0 Å². The minimum absolute atomic E-state index is 0.230. The van der Waals surface area contributed by atoms with E-state index < -0.39 is 5.79 Å². The number of hydrogen-bond donors (Lipinski definition) is 1. The fourth-order valence-electron chi connectivity index (χ4n) is 4.37. The molecule has 1 amide bonds. The fraction of sp³-hybridized carbons (Fsp3) is 0.296. The zero-order chi connectivity index (χ0) is 26.3. The topological polar surface area (TPSA) is 114 Å². The van der Waals surface area contributed by atoms with Crippen LogP contribution < -0.4 is 5.32 Å². The fourth-order valence-corrected chi connectivity index (χ4v) is 4.62. The lowest BCUT2D eigenvalue weighted by molar-refractivity contribution is -0.140. The molecule has 1 aliphatic heterocycles. The first-order valence-electron chi connectivity index (χ1n) is 11.8. The van der Waals surface area contributed by atoms with Gasteiger partial charge in [-0.15, -0.1) is 0 Å². The van der Waals surface area contributed by atoms with Gasteiger partial charge in [-0.05, 0) is 63.6 Å². The van der Waals surface area contributed by atoms with Crippen molar-refractivity contribution in [3.8, 4) is 28.5 Å². The molecule has 0 aliphatic carbocycles.